The molecule has 0 bridgehead atoms. The highest BCUT2D eigenvalue weighted by Crippen LogP contribution is 2.47. The molecule has 0 aliphatic heterocycles. The van der Waals surface area contributed by atoms with Gasteiger partial charge in [0.25, 0.3) is 0 Å². The summed E-state index contributed by atoms with van der Waals surface area (Å²) in [6, 6.07) is 2.20. The Balaban J connectivity index is 1.56. The fraction of sp³-hybridized carbons (Fsp3) is 0.706. The molecule has 1 N–H and O–H groups in total. The van der Waals surface area contributed by atoms with E-state index >= 15 is 0 Å². The molecule has 118 valence electrons. The van der Waals surface area contributed by atoms with E-state index in [1.165, 1.54) is 37.1 Å². The van der Waals surface area contributed by atoms with Crippen LogP contribution >= 0.6 is 11.3 Å². The summed E-state index contributed by atoms with van der Waals surface area (Å²) >= 11 is 1.63. The van der Waals surface area contributed by atoms with Crippen LogP contribution in [-0.4, -0.2) is 10.9 Å². The van der Waals surface area contributed by atoms with Crippen LogP contribution in [0.1, 0.15) is 69.2 Å². The molecule has 2 fully saturated rings. The Morgan fingerprint density at radius 1 is 1.45 bits per heavy atom. The summed E-state index contributed by atoms with van der Waals surface area (Å²) in [5, 5.41) is 13.8. The number of hydrogen-bond donors (Lipinski definition) is 1. The normalized spacial score (nSPS) is 28.6. The van der Waals surface area contributed by atoms with Crippen molar-refractivity contribution in [3.05, 3.63) is 11.2 Å². The first-order valence-corrected chi connectivity index (χ1v) is 9.06. The molecule has 2 aliphatic rings. The third-order valence-electron chi connectivity index (χ3n) is 5.12. The van der Waals surface area contributed by atoms with Crippen molar-refractivity contribution in [1.82, 2.24) is 4.98 Å². The Labute approximate surface area is 135 Å². The first-order chi connectivity index (χ1) is 10.6. The molecule has 1 aromatic heterocycles. The molecule has 1 amide bonds. The number of aromatic nitrogens is 1. The molecule has 1 aromatic rings. The van der Waals surface area contributed by atoms with Gasteiger partial charge in [-0.3, -0.25) is 4.79 Å². The average Bonchev–Trinajstić information content (AvgIpc) is 2.95. The van der Waals surface area contributed by atoms with Crippen LogP contribution in [0.3, 0.4) is 0 Å². The molecular weight excluding hydrogens is 294 g/mol. The molecule has 5 heteroatoms. The van der Waals surface area contributed by atoms with Crippen molar-refractivity contribution in [1.29, 1.82) is 5.26 Å². The number of amides is 1. The lowest BCUT2D eigenvalue weighted by Crippen LogP contribution is -2.44. The van der Waals surface area contributed by atoms with E-state index in [2.05, 4.69) is 16.4 Å². The van der Waals surface area contributed by atoms with Crippen LogP contribution in [0.15, 0.2) is 6.20 Å². The minimum atomic E-state index is -0.309. The molecule has 0 aromatic carbocycles. The van der Waals surface area contributed by atoms with E-state index in [1.54, 1.807) is 17.5 Å². The van der Waals surface area contributed by atoms with Crippen molar-refractivity contribution >= 4 is 22.2 Å². The Kier molecular flexibility index (Phi) is 4.49. The number of nitrogens with zero attached hydrogens (tertiary/aromatic N) is 2. The molecular formula is C17H23N3OS. The molecule has 0 atom stereocenters. The van der Waals surface area contributed by atoms with Crippen molar-refractivity contribution in [2.45, 2.75) is 64.2 Å². The number of thiazole rings is 1. The smallest absolute Gasteiger partial charge is 0.230 e. The van der Waals surface area contributed by atoms with E-state index in [9.17, 15) is 4.79 Å². The molecule has 1 heterocycles. The Bertz CT molecular complexity index is 577. The molecule has 22 heavy (non-hydrogen) atoms. The van der Waals surface area contributed by atoms with E-state index < -0.39 is 0 Å². The van der Waals surface area contributed by atoms with Gasteiger partial charge in [-0.05, 0) is 31.6 Å². The Morgan fingerprint density at radius 3 is 2.86 bits per heavy atom. The van der Waals surface area contributed by atoms with Crippen LogP contribution in [0.25, 0.3) is 0 Å². The van der Waals surface area contributed by atoms with E-state index in [0.717, 1.165) is 17.8 Å². The highest BCUT2D eigenvalue weighted by molar-refractivity contribution is 7.15. The van der Waals surface area contributed by atoms with Crippen molar-refractivity contribution in [3.8, 4) is 6.07 Å². The molecule has 2 aliphatic carbocycles. The summed E-state index contributed by atoms with van der Waals surface area (Å²) in [5.41, 5.74) is -0.309. The summed E-state index contributed by atoms with van der Waals surface area (Å²) in [5.74, 6) is 1.06. The zero-order valence-corrected chi connectivity index (χ0v) is 13.9. The zero-order valence-electron chi connectivity index (χ0n) is 13.1. The van der Waals surface area contributed by atoms with Crippen LogP contribution < -0.4 is 5.32 Å². The Hall–Kier alpha value is -1.41. The van der Waals surface area contributed by atoms with Crippen molar-refractivity contribution in [3.63, 3.8) is 0 Å². The van der Waals surface area contributed by atoms with Crippen LogP contribution in [0.5, 0.6) is 0 Å². The second-order valence-electron chi connectivity index (χ2n) is 7.05. The fourth-order valence-electron chi connectivity index (χ4n) is 3.82. The molecule has 3 rings (SSSR count). The maximum atomic E-state index is 12.4. The molecule has 0 saturated heterocycles. The number of nitrogens with one attached hydrogen (secondary N) is 1. The van der Waals surface area contributed by atoms with E-state index in [0.29, 0.717) is 18.3 Å². The number of nitriles is 1. The number of rotatable bonds is 4. The maximum Gasteiger partial charge on any atom is 0.230 e. The molecule has 0 spiro atoms. The molecule has 0 unspecified atom stereocenters. The van der Waals surface area contributed by atoms with Crippen LogP contribution in [0, 0.1) is 22.7 Å². The van der Waals surface area contributed by atoms with Crippen molar-refractivity contribution in [2.75, 3.05) is 5.32 Å². The van der Waals surface area contributed by atoms with Crippen LogP contribution in [0.4, 0.5) is 5.00 Å². The quantitative estimate of drug-likeness (QED) is 0.891. The minimum absolute atomic E-state index is 0.0838. The predicted molar refractivity (Wildman–Crippen MR) is 87.6 cm³/mol. The summed E-state index contributed by atoms with van der Waals surface area (Å²) < 4.78 is 0. The number of hydrogen-bond acceptors (Lipinski definition) is 4. The lowest BCUT2D eigenvalue weighted by atomic mass is 9.62. The number of anilines is 1. The topological polar surface area (TPSA) is 65.8 Å². The Morgan fingerprint density at radius 2 is 2.18 bits per heavy atom. The molecule has 2 saturated carbocycles. The van der Waals surface area contributed by atoms with Crippen molar-refractivity contribution < 1.29 is 4.79 Å². The minimum Gasteiger partial charge on any atom is -0.316 e. The summed E-state index contributed by atoms with van der Waals surface area (Å²) in [7, 11) is 0. The largest absolute Gasteiger partial charge is 0.316 e. The second-order valence-corrected chi connectivity index (χ2v) is 8.11. The van der Waals surface area contributed by atoms with Gasteiger partial charge in [0.05, 0.1) is 17.3 Å². The van der Waals surface area contributed by atoms with Gasteiger partial charge < -0.3 is 5.32 Å². The van der Waals surface area contributed by atoms with Gasteiger partial charge in [0.1, 0.15) is 5.00 Å². The first kappa shape index (κ1) is 15.5. The highest BCUT2D eigenvalue weighted by Gasteiger charge is 2.45. The van der Waals surface area contributed by atoms with E-state index in [4.69, 9.17) is 5.26 Å². The number of carbonyl (C=O) groups is 1. The third kappa shape index (κ3) is 3.17. The van der Waals surface area contributed by atoms with Crippen LogP contribution in [0.2, 0.25) is 0 Å². The maximum absolute atomic E-state index is 12.4. The standard InChI is InChI=1S/C17H23N3OS/c1-17(9-12(10-17)7-8-18)16(21)20-14-11-19-15(22-14)13-5-3-2-4-6-13/h11-13H,2-7,9-10H2,1H3,(H,20,21). The lowest BCUT2D eigenvalue weighted by Gasteiger charge is -2.42. The van der Waals surface area contributed by atoms with Crippen LogP contribution in [-0.2, 0) is 4.79 Å². The van der Waals surface area contributed by atoms with Gasteiger partial charge >= 0.3 is 0 Å². The number of carbonyl (C=O) groups excluding carboxylic acids is 1. The van der Waals surface area contributed by atoms with Gasteiger partial charge in [-0.25, -0.2) is 4.98 Å². The van der Waals surface area contributed by atoms with Gasteiger partial charge in [0.15, 0.2) is 0 Å². The summed E-state index contributed by atoms with van der Waals surface area (Å²) in [6.45, 7) is 2.00. The van der Waals surface area contributed by atoms with Gasteiger partial charge in [-0.1, -0.05) is 26.2 Å². The fourth-order valence-corrected chi connectivity index (χ4v) is 4.80. The summed E-state index contributed by atoms with van der Waals surface area (Å²) in [6.07, 6.45) is 10.4. The van der Waals surface area contributed by atoms with Crippen molar-refractivity contribution in [2.24, 2.45) is 11.3 Å². The second kappa shape index (κ2) is 6.37. The SMILES string of the molecule is CC1(C(=O)Nc2cnc(C3CCCCC3)s2)CC(CC#N)C1. The molecule has 4 nitrogen and oxygen atoms in total. The summed E-state index contributed by atoms with van der Waals surface area (Å²) in [4.78, 5) is 17.0. The van der Waals surface area contributed by atoms with E-state index in [1.807, 2.05) is 6.92 Å². The average molecular weight is 317 g/mol. The van der Waals surface area contributed by atoms with Gasteiger partial charge in [-0.15, -0.1) is 11.3 Å². The van der Waals surface area contributed by atoms with Gasteiger partial charge in [0, 0.05) is 17.8 Å². The monoisotopic (exact) mass is 317 g/mol. The molecule has 0 radical (unpaired) electrons. The first-order valence-electron chi connectivity index (χ1n) is 8.25. The van der Waals surface area contributed by atoms with E-state index in [-0.39, 0.29) is 11.3 Å². The lowest BCUT2D eigenvalue weighted by molar-refractivity contribution is -0.131. The predicted octanol–water partition coefficient (Wildman–Crippen LogP) is 4.46. The highest BCUT2D eigenvalue weighted by atomic mass is 32.1. The van der Waals surface area contributed by atoms with Gasteiger partial charge in [0.2, 0.25) is 5.91 Å². The zero-order chi connectivity index (χ0) is 15.6. The van der Waals surface area contributed by atoms with Gasteiger partial charge in [-0.2, -0.15) is 5.26 Å². The third-order valence-corrected chi connectivity index (χ3v) is 6.20.